The first-order valence-corrected chi connectivity index (χ1v) is 7.40. The number of nitrogens with one attached hydrogen (secondary N) is 1. The van der Waals surface area contributed by atoms with Gasteiger partial charge in [-0.05, 0) is 25.8 Å². The Balaban J connectivity index is 1.55. The van der Waals surface area contributed by atoms with Crippen molar-refractivity contribution >= 4 is 5.91 Å². The molecule has 2 aromatic heterocycles. The fourth-order valence-electron chi connectivity index (χ4n) is 2.42. The van der Waals surface area contributed by atoms with E-state index in [1.165, 1.54) is 0 Å². The maximum atomic E-state index is 11.9. The van der Waals surface area contributed by atoms with Crippen LogP contribution in [0.5, 0.6) is 0 Å². The summed E-state index contributed by atoms with van der Waals surface area (Å²) in [6.45, 7) is 3.27. The SMILES string of the molecule is Cc1nccn1CC(=O)NCc1ccnc(C2CCCO2)n1. The third kappa shape index (κ3) is 3.48. The average Bonchev–Trinajstić information content (AvgIpc) is 3.18. The molecule has 1 atom stereocenters. The minimum Gasteiger partial charge on any atom is -0.370 e. The van der Waals surface area contributed by atoms with Gasteiger partial charge < -0.3 is 14.6 Å². The molecule has 116 valence electrons. The molecule has 0 radical (unpaired) electrons. The van der Waals surface area contributed by atoms with E-state index < -0.39 is 0 Å². The molecule has 1 aliphatic rings. The second-order valence-corrected chi connectivity index (χ2v) is 5.29. The maximum Gasteiger partial charge on any atom is 0.240 e. The van der Waals surface area contributed by atoms with E-state index in [9.17, 15) is 4.79 Å². The van der Waals surface area contributed by atoms with Gasteiger partial charge in [-0.3, -0.25) is 4.79 Å². The molecule has 3 rings (SSSR count). The van der Waals surface area contributed by atoms with Crippen molar-refractivity contribution < 1.29 is 9.53 Å². The van der Waals surface area contributed by atoms with Gasteiger partial charge in [0.2, 0.25) is 5.91 Å². The van der Waals surface area contributed by atoms with Gasteiger partial charge in [0.1, 0.15) is 18.5 Å². The lowest BCUT2D eigenvalue weighted by molar-refractivity contribution is -0.121. The van der Waals surface area contributed by atoms with E-state index in [4.69, 9.17) is 4.74 Å². The Hall–Kier alpha value is -2.28. The molecule has 1 aliphatic heterocycles. The molecule has 0 aliphatic carbocycles. The number of hydrogen-bond acceptors (Lipinski definition) is 5. The van der Waals surface area contributed by atoms with Crippen LogP contribution < -0.4 is 5.32 Å². The molecule has 7 nitrogen and oxygen atoms in total. The summed E-state index contributed by atoms with van der Waals surface area (Å²) in [5.74, 6) is 1.45. The number of imidazole rings is 1. The smallest absolute Gasteiger partial charge is 0.240 e. The summed E-state index contributed by atoms with van der Waals surface area (Å²) in [5.41, 5.74) is 0.788. The monoisotopic (exact) mass is 301 g/mol. The standard InChI is InChI=1S/C15H19N5O2/c1-11-16-6-7-20(11)10-14(21)18-9-12-4-5-17-15(19-12)13-3-2-8-22-13/h4-7,13H,2-3,8-10H2,1H3,(H,18,21). The molecule has 1 amide bonds. The van der Waals surface area contributed by atoms with Crippen molar-refractivity contribution in [3.63, 3.8) is 0 Å². The van der Waals surface area contributed by atoms with E-state index in [-0.39, 0.29) is 18.6 Å². The minimum absolute atomic E-state index is 0.00995. The number of carbonyl (C=O) groups excluding carboxylic acids is 1. The third-order valence-corrected chi connectivity index (χ3v) is 3.65. The van der Waals surface area contributed by atoms with Crippen molar-refractivity contribution in [2.75, 3.05) is 6.61 Å². The van der Waals surface area contributed by atoms with Crippen LogP contribution >= 0.6 is 0 Å². The van der Waals surface area contributed by atoms with Crippen molar-refractivity contribution in [1.29, 1.82) is 0 Å². The van der Waals surface area contributed by atoms with Crippen LogP contribution in [0.25, 0.3) is 0 Å². The molecular formula is C15H19N5O2. The lowest BCUT2D eigenvalue weighted by atomic mass is 10.2. The maximum absolute atomic E-state index is 11.9. The number of ether oxygens (including phenoxy) is 1. The van der Waals surface area contributed by atoms with Crippen molar-refractivity contribution in [3.8, 4) is 0 Å². The fourth-order valence-corrected chi connectivity index (χ4v) is 2.42. The van der Waals surface area contributed by atoms with Gasteiger partial charge in [-0.2, -0.15) is 0 Å². The lowest BCUT2D eigenvalue weighted by Crippen LogP contribution is -2.27. The number of aryl methyl sites for hydroxylation is 1. The molecule has 3 heterocycles. The molecule has 7 heteroatoms. The second kappa shape index (κ2) is 6.65. The topological polar surface area (TPSA) is 81.9 Å². The summed E-state index contributed by atoms with van der Waals surface area (Å²) in [6, 6.07) is 1.81. The predicted molar refractivity (Wildman–Crippen MR) is 78.8 cm³/mol. The van der Waals surface area contributed by atoms with Crippen LogP contribution in [0.4, 0.5) is 0 Å². The highest BCUT2D eigenvalue weighted by Crippen LogP contribution is 2.25. The van der Waals surface area contributed by atoms with Crippen LogP contribution in [0.3, 0.4) is 0 Å². The Morgan fingerprint density at radius 1 is 1.45 bits per heavy atom. The molecule has 0 spiro atoms. The first-order valence-electron chi connectivity index (χ1n) is 7.40. The normalized spacial score (nSPS) is 17.6. The van der Waals surface area contributed by atoms with E-state index >= 15 is 0 Å². The average molecular weight is 301 g/mol. The van der Waals surface area contributed by atoms with E-state index in [0.717, 1.165) is 31.0 Å². The first kappa shape index (κ1) is 14.6. The van der Waals surface area contributed by atoms with Gasteiger partial charge in [-0.25, -0.2) is 15.0 Å². The molecule has 2 aromatic rings. The molecule has 0 aromatic carbocycles. The summed E-state index contributed by atoms with van der Waals surface area (Å²) >= 11 is 0. The summed E-state index contributed by atoms with van der Waals surface area (Å²) in [4.78, 5) is 24.8. The highest BCUT2D eigenvalue weighted by atomic mass is 16.5. The van der Waals surface area contributed by atoms with Crippen LogP contribution in [0.2, 0.25) is 0 Å². The summed E-state index contributed by atoms with van der Waals surface area (Å²) in [7, 11) is 0. The summed E-state index contributed by atoms with van der Waals surface area (Å²) in [6.07, 6.45) is 7.17. The number of hydrogen-bond donors (Lipinski definition) is 1. The Morgan fingerprint density at radius 2 is 2.36 bits per heavy atom. The first-order chi connectivity index (χ1) is 10.7. The van der Waals surface area contributed by atoms with Gasteiger partial charge in [0.05, 0.1) is 12.2 Å². The Bertz CT molecular complexity index is 649. The molecule has 1 saturated heterocycles. The lowest BCUT2D eigenvalue weighted by Gasteiger charge is -2.10. The molecular weight excluding hydrogens is 282 g/mol. The molecule has 1 unspecified atom stereocenters. The van der Waals surface area contributed by atoms with E-state index in [0.29, 0.717) is 12.4 Å². The number of aromatic nitrogens is 4. The fraction of sp³-hybridized carbons (Fsp3) is 0.467. The number of rotatable bonds is 5. The summed E-state index contributed by atoms with van der Waals surface area (Å²) < 4.78 is 7.38. The van der Waals surface area contributed by atoms with Crippen molar-refractivity contribution in [1.82, 2.24) is 24.8 Å². The third-order valence-electron chi connectivity index (χ3n) is 3.65. The zero-order chi connectivity index (χ0) is 15.4. The molecule has 0 bridgehead atoms. The van der Waals surface area contributed by atoms with Gasteiger partial charge in [0.15, 0.2) is 5.82 Å². The van der Waals surface area contributed by atoms with E-state index in [2.05, 4.69) is 20.3 Å². The van der Waals surface area contributed by atoms with Gasteiger partial charge in [0, 0.05) is 25.2 Å². The quantitative estimate of drug-likeness (QED) is 0.896. The highest BCUT2D eigenvalue weighted by Gasteiger charge is 2.20. The molecule has 22 heavy (non-hydrogen) atoms. The predicted octanol–water partition coefficient (Wildman–Crippen LogP) is 1.15. The van der Waals surface area contributed by atoms with Crippen molar-refractivity contribution in [3.05, 3.63) is 42.0 Å². The van der Waals surface area contributed by atoms with Crippen LogP contribution in [0.15, 0.2) is 24.7 Å². The van der Waals surface area contributed by atoms with Gasteiger partial charge in [0.25, 0.3) is 0 Å². The Labute approximate surface area is 128 Å². The number of amides is 1. The van der Waals surface area contributed by atoms with Crippen LogP contribution in [-0.2, 0) is 22.6 Å². The van der Waals surface area contributed by atoms with E-state index in [1.807, 2.05) is 6.92 Å². The van der Waals surface area contributed by atoms with Crippen LogP contribution in [0, 0.1) is 6.92 Å². The van der Waals surface area contributed by atoms with Crippen LogP contribution in [0.1, 0.15) is 36.3 Å². The van der Waals surface area contributed by atoms with Gasteiger partial charge in [-0.15, -0.1) is 0 Å². The van der Waals surface area contributed by atoms with Gasteiger partial charge >= 0.3 is 0 Å². The molecule has 1 fully saturated rings. The van der Waals surface area contributed by atoms with Crippen LogP contribution in [-0.4, -0.2) is 32.0 Å². The zero-order valence-corrected chi connectivity index (χ0v) is 12.5. The van der Waals surface area contributed by atoms with Gasteiger partial charge in [-0.1, -0.05) is 0 Å². The van der Waals surface area contributed by atoms with Crippen molar-refractivity contribution in [2.24, 2.45) is 0 Å². The van der Waals surface area contributed by atoms with Crippen molar-refractivity contribution in [2.45, 2.75) is 39.0 Å². The zero-order valence-electron chi connectivity index (χ0n) is 12.5. The highest BCUT2D eigenvalue weighted by molar-refractivity contribution is 5.75. The minimum atomic E-state index is -0.0709. The Kier molecular flexibility index (Phi) is 4.43. The van der Waals surface area contributed by atoms with E-state index in [1.54, 1.807) is 29.2 Å². The second-order valence-electron chi connectivity index (χ2n) is 5.29. The Morgan fingerprint density at radius 3 is 3.09 bits per heavy atom. The summed E-state index contributed by atoms with van der Waals surface area (Å²) in [5, 5.41) is 2.86. The molecule has 1 N–H and O–H groups in total. The number of carbonyl (C=O) groups is 1. The molecule has 0 saturated carbocycles. The largest absolute Gasteiger partial charge is 0.370 e. The number of nitrogens with zero attached hydrogens (tertiary/aromatic N) is 4.